The first-order valence-electron chi connectivity index (χ1n) is 22.4. The van der Waals surface area contributed by atoms with Crippen LogP contribution in [0.25, 0.3) is 0 Å². The highest BCUT2D eigenvalue weighted by Crippen LogP contribution is 2.23. The second-order valence-corrected chi connectivity index (χ2v) is 15.8. The molecule has 1 saturated heterocycles. The minimum atomic E-state index is -1.55. The standard InChI is InChI=1S/C44H85NO8/c1-3-5-7-9-11-13-15-17-19-20-22-24-26-28-30-32-34-40(48)45-37(36-52-44-43(51)42(50)41(49)39(35-46)53-44)38(47)33-31-29-27-25-23-21-18-16-14-12-10-8-6-4-2/h23,25,37-39,41-44,46-47,49-51H,3-22,24,26-36H2,1-2H3,(H,45,48)/b25-23+/t37-,38+,39-,41-,42?,43?,44-/m0/s1. The van der Waals surface area contributed by atoms with Gasteiger partial charge in [0, 0.05) is 6.42 Å². The van der Waals surface area contributed by atoms with E-state index in [1.165, 1.54) is 135 Å². The van der Waals surface area contributed by atoms with Crippen LogP contribution in [0.15, 0.2) is 12.2 Å². The fourth-order valence-corrected chi connectivity index (χ4v) is 7.21. The Morgan fingerprint density at radius 3 is 1.53 bits per heavy atom. The lowest BCUT2D eigenvalue weighted by Crippen LogP contribution is -2.60. The zero-order valence-electron chi connectivity index (χ0n) is 34.3. The second-order valence-electron chi connectivity index (χ2n) is 15.8. The van der Waals surface area contributed by atoms with Gasteiger partial charge in [-0.3, -0.25) is 4.79 Å². The lowest BCUT2D eigenvalue weighted by Gasteiger charge is -2.40. The molecule has 0 bridgehead atoms. The number of rotatable bonds is 37. The molecule has 7 atom stereocenters. The molecule has 0 aromatic rings. The van der Waals surface area contributed by atoms with Gasteiger partial charge in [0.25, 0.3) is 0 Å². The maximum Gasteiger partial charge on any atom is 0.220 e. The molecular weight excluding hydrogens is 670 g/mol. The Morgan fingerprint density at radius 1 is 0.623 bits per heavy atom. The van der Waals surface area contributed by atoms with Gasteiger partial charge in [-0.05, 0) is 38.5 Å². The van der Waals surface area contributed by atoms with Gasteiger partial charge in [0.05, 0.1) is 25.4 Å². The Morgan fingerprint density at radius 2 is 1.06 bits per heavy atom. The van der Waals surface area contributed by atoms with Crippen LogP contribution in [0, 0.1) is 0 Å². The maximum atomic E-state index is 12.9. The maximum absolute atomic E-state index is 12.9. The zero-order chi connectivity index (χ0) is 38.8. The van der Waals surface area contributed by atoms with Crippen molar-refractivity contribution in [1.82, 2.24) is 5.32 Å². The summed E-state index contributed by atoms with van der Waals surface area (Å²) in [6, 6.07) is -0.728. The number of allylic oxidation sites excluding steroid dienone is 2. The van der Waals surface area contributed by atoms with Crippen LogP contribution in [0.1, 0.15) is 206 Å². The topological polar surface area (TPSA) is 149 Å². The van der Waals surface area contributed by atoms with Crippen molar-refractivity contribution in [3.05, 3.63) is 12.2 Å². The van der Waals surface area contributed by atoms with Crippen molar-refractivity contribution >= 4 is 5.91 Å². The van der Waals surface area contributed by atoms with Crippen LogP contribution in [0.5, 0.6) is 0 Å². The molecule has 0 aliphatic carbocycles. The predicted octanol–water partition coefficient (Wildman–Crippen LogP) is 8.95. The summed E-state index contributed by atoms with van der Waals surface area (Å²) in [6.07, 6.45) is 32.2. The number of unbranched alkanes of at least 4 members (excludes halogenated alkanes) is 25. The highest BCUT2D eigenvalue weighted by molar-refractivity contribution is 5.76. The van der Waals surface area contributed by atoms with E-state index < -0.39 is 49.5 Å². The van der Waals surface area contributed by atoms with Crippen molar-refractivity contribution in [2.75, 3.05) is 13.2 Å². The van der Waals surface area contributed by atoms with Gasteiger partial charge in [0.1, 0.15) is 24.4 Å². The summed E-state index contributed by atoms with van der Waals surface area (Å²) in [7, 11) is 0. The predicted molar refractivity (Wildman–Crippen MR) is 217 cm³/mol. The van der Waals surface area contributed by atoms with Crippen molar-refractivity contribution in [2.24, 2.45) is 0 Å². The van der Waals surface area contributed by atoms with E-state index in [0.717, 1.165) is 44.9 Å². The van der Waals surface area contributed by atoms with E-state index in [9.17, 15) is 30.3 Å². The minimum Gasteiger partial charge on any atom is -0.394 e. The minimum absolute atomic E-state index is 0.146. The van der Waals surface area contributed by atoms with Crippen molar-refractivity contribution < 1.29 is 39.8 Å². The zero-order valence-corrected chi connectivity index (χ0v) is 34.3. The second kappa shape index (κ2) is 35.4. The summed E-state index contributed by atoms with van der Waals surface area (Å²) < 4.78 is 11.2. The summed E-state index contributed by atoms with van der Waals surface area (Å²) in [5.41, 5.74) is 0. The molecule has 53 heavy (non-hydrogen) atoms. The molecule has 0 aromatic carbocycles. The van der Waals surface area contributed by atoms with Gasteiger partial charge < -0.3 is 40.3 Å². The summed E-state index contributed by atoms with van der Waals surface area (Å²) >= 11 is 0. The van der Waals surface area contributed by atoms with Crippen LogP contribution >= 0.6 is 0 Å². The number of hydrogen-bond acceptors (Lipinski definition) is 8. The molecule has 2 unspecified atom stereocenters. The quantitative estimate of drug-likeness (QED) is 0.0272. The number of hydrogen-bond donors (Lipinski definition) is 6. The molecule has 314 valence electrons. The molecule has 0 saturated carbocycles. The van der Waals surface area contributed by atoms with Gasteiger partial charge in [0.15, 0.2) is 6.29 Å². The Labute approximate surface area is 325 Å². The number of aliphatic hydroxyl groups is 5. The van der Waals surface area contributed by atoms with E-state index in [1.807, 2.05) is 0 Å². The van der Waals surface area contributed by atoms with Crippen LogP contribution < -0.4 is 5.32 Å². The SMILES string of the molecule is CCCCCCCCCC/C=C/CCCC[C@@H](O)[C@H](CO[C@H]1O[C@@H](CO)[C@H](O)C(O)C1O)NC(=O)CCCCCCCCCCCCCCCCCC. The molecule has 1 fully saturated rings. The molecule has 0 radical (unpaired) electrons. The molecule has 9 nitrogen and oxygen atoms in total. The molecule has 9 heteroatoms. The fourth-order valence-electron chi connectivity index (χ4n) is 7.21. The molecule has 1 amide bonds. The first kappa shape index (κ1) is 49.9. The summed E-state index contributed by atoms with van der Waals surface area (Å²) in [5, 5.41) is 54.2. The number of amides is 1. The van der Waals surface area contributed by atoms with Gasteiger partial charge in [-0.15, -0.1) is 0 Å². The average Bonchev–Trinajstić information content (AvgIpc) is 3.16. The van der Waals surface area contributed by atoms with E-state index in [-0.39, 0.29) is 12.5 Å². The Bertz CT molecular complexity index is 842. The Hall–Kier alpha value is -1.07. The van der Waals surface area contributed by atoms with Crippen LogP contribution in [0.2, 0.25) is 0 Å². The molecule has 6 N–H and O–H groups in total. The molecule has 0 spiro atoms. The summed E-state index contributed by atoms with van der Waals surface area (Å²) in [4.78, 5) is 12.9. The van der Waals surface area contributed by atoms with Gasteiger partial charge in [-0.25, -0.2) is 0 Å². The van der Waals surface area contributed by atoms with Crippen LogP contribution in [0.4, 0.5) is 0 Å². The van der Waals surface area contributed by atoms with E-state index >= 15 is 0 Å². The Kier molecular flexibility index (Phi) is 33.3. The van der Waals surface area contributed by atoms with Gasteiger partial charge in [0.2, 0.25) is 5.91 Å². The first-order chi connectivity index (χ1) is 25.8. The normalized spacial score (nSPS) is 21.7. The third-order valence-electron chi connectivity index (χ3n) is 10.9. The van der Waals surface area contributed by atoms with Gasteiger partial charge in [-0.1, -0.05) is 174 Å². The van der Waals surface area contributed by atoms with Crippen molar-refractivity contribution in [3.63, 3.8) is 0 Å². The largest absolute Gasteiger partial charge is 0.394 e. The summed E-state index contributed by atoms with van der Waals surface area (Å²) in [5.74, 6) is -0.152. The highest BCUT2D eigenvalue weighted by Gasteiger charge is 2.44. The third kappa shape index (κ3) is 26.4. The van der Waals surface area contributed by atoms with E-state index in [0.29, 0.717) is 12.8 Å². The van der Waals surface area contributed by atoms with Crippen molar-refractivity contribution in [3.8, 4) is 0 Å². The molecule has 1 rings (SSSR count). The number of ether oxygens (including phenoxy) is 2. The van der Waals surface area contributed by atoms with Crippen LogP contribution in [-0.2, 0) is 14.3 Å². The van der Waals surface area contributed by atoms with Gasteiger partial charge >= 0.3 is 0 Å². The number of aliphatic hydroxyl groups excluding tert-OH is 5. The van der Waals surface area contributed by atoms with E-state index in [2.05, 4.69) is 31.3 Å². The van der Waals surface area contributed by atoms with E-state index in [4.69, 9.17) is 9.47 Å². The van der Waals surface area contributed by atoms with Gasteiger partial charge in [-0.2, -0.15) is 0 Å². The summed E-state index contributed by atoms with van der Waals surface area (Å²) in [6.45, 7) is 3.82. The Balaban J connectivity index is 2.35. The molecule has 1 heterocycles. The van der Waals surface area contributed by atoms with Crippen molar-refractivity contribution in [1.29, 1.82) is 0 Å². The van der Waals surface area contributed by atoms with Crippen LogP contribution in [0.3, 0.4) is 0 Å². The molecule has 0 aromatic heterocycles. The fraction of sp³-hybridized carbons (Fsp3) is 0.932. The number of carbonyl (C=O) groups is 1. The third-order valence-corrected chi connectivity index (χ3v) is 10.9. The molecule has 1 aliphatic rings. The van der Waals surface area contributed by atoms with Crippen molar-refractivity contribution in [2.45, 2.75) is 249 Å². The lowest BCUT2D eigenvalue weighted by atomic mass is 9.99. The number of carbonyl (C=O) groups excluding carboxylic acids is 1. The lowest BCUT2D eigenvalue weighted by molar-refractivity contribution is -0.302. The van der Waals surface area contributed by atoms with Crippen LogP contribution in [-0.4, -0.2) is 87.5 Å². The smallest absolute Gasteiger partial charge is 0.220 e. The molecular formula is C44H85NO8. The highest BCUT2D eigenvalue weighted by atomic mass is 16.7. The first-order valence-corrected chi connectivity index (χ1v) is 22.4. The average molecular weight is 756 g/mol. The molecule has 1 aliphatic heterocycles. The van der Waals surface area contributed by atoms with E-state index in [1.54, 1.807) is 0 Å². The monoisotopic (exact) mass is 756 g/mol. The number of nitrogens with one attached hydrogen (secondary N) is 1.